The number of aryl methyl sites for hydroxylation is 2. The molecule has 0 spiro atoms. The molecule has 0 bridgehead atoms. The Balaban J connectivity index is 1.31. The first kappa shape index (κ1) is 21.1. The van der Waals surface area contributed by atoms with E-state index >= 15 is 0 Å². The number of hydrogen-bond acceptors (Lipinski definition) is 6. The minimum atomic E-state index is -0.184. The number of imidazole rings is 1. The van der Waals surface area contributed by atoms with Crippen LogP contribution < -0.4 is 5.32 Å². The van der Waals surface area contributed by atoms with E-state index in [-0.39, 0.29) is 17.9 Å². The number of benzene rings is 1. The molecule has 1 atom stereocenters. The summed E-state index contributed by atoms with van der Waals surface area (Å²) in [5.41, 5.74) is 2.56. The maximum absolute atomic E-state index is 13.3. The molecule has 0 aliphatic carbocycles. The summed E-state index contributed by atoms with van der Waals surface area (Å²) < 4.78 is 1.80. The van der Waals surface area contributed by atoms with Gasteiger partial charge in [0.05, 0.1) is 21.6 Å². The van der Waals surface area contributed by atoms with Crippen LogP contribution in [0.15, 0.2) is 35.8 Å². The van der Waals surface area contributed by atoms with Gasteiger partial charge in [-0.1, -0.05) is 23.7 Å². The summed E-state index contributed by atoms with van der Waals surface area (Å²) in [7, 11) is 0. The standard InChI is InChI=1S/C22H20ClN5O2S2/c1-12-18(28-8-9-31-22(28)25-12)20(29)24-11-16-6-7-27(16)21(30)17-19(32-13(2)26-17)14-4-3-5-15(23)10-14/h3-5,8-10,16H,6-7,11H2,1-2H3,(H,24,29). The van der Waals surface area contributed by atoms with Crippen LogP contribution in [0.2, 0.25) is 5.02 Å². The Morgan fingerprint density at radius 1 is 1.28 bits per heavy atom. The van der Waals surface area contributed by atoms with E-state index in [0.717, 1.165) is 26.8 Å². The molecule has 1 unspecified atom stereocenters. The molecule has 5 rings (SSSR count). The molecule has 1 N–H and O–H groups in total. The van der Waals surface area contributed by atoms with Gasteiger partial charge in [-0.25, -0.2) is 9.97 Å². The number of rotatable bonds is 5. The quantitative estimate of drug-likeness (QED) is 0.453. The second-order valence-corrected chi connectivity index (χ2v) is 10.2. The largest absolute Gasteiger partial charge is 0.349 e. The van der Waals surface area contributed by atoms with Crippen molar-refractivity contribution in [3.8, 4) is 10.4 Å². The van der Waals surface area contributed by atoms with Gasteiger partial charge in [0, 0.05) is 29.7 Å². The number of likely N-dealkylation sites (tertiary alicyclic amines) is 1. The Kier molecular flexibility index (Phi) is 5.48. The number of carbonyl (C=O) groups excluding carboxylic acids is 2. The van der Waals surface area contributed by atoms with Crippen molar-refractivity contribution >= 4 is 51.0 Å². The van der Waals surface area contributed by atoms with E-state index in [9.17, 15) is 9.59 Å². The lowest BCUT2D eigenvalue weighted by atomic mass is 10.0. The van der Waals surface area contributed by atoms with E-state index in [0.29, 0.717) is 35.2 Å². The van der Waals surface area contributed by atoms with Crippen LogP contribution in [0.25, 0.3) is 15.4 Å². The summed E-state index contributed by atoms with van der Waals surface area (Å²) in [6, 6.07) is 7.39. The number of fused-ring (bicyclic) bond motifs is 1. The van der Waals surface area contributed by atoms with Gasteiger partial charge in [0.25, 0.3) is 11.8 Å². The van der Waals surface area contributed by atoms with Gasteiger partial charge in [-0.3, -0.25) is 14.0 Å². The number of aromatic nitrogens is 3. The fourth-order valence-corrected chi connectivity index (χ4v) is 5.77. The van der Waals surface area contributed by atoms with Gasteiger partial charge in [0.2, 0.25) is 0 Å². The Morgan fingerprint density at radius 3 is 2.88 bits per heavy atom. The van der Waals surface area contributed by atoms with Gasteiger partial charge >= 0.3 is 0 Å². The molecule has 2 amide bonds. The molecule has 0 saturated carbocycles. The SMILES string of the molecule is Cc1nc(C(=O)N2CCC2CNC(=O)c2c(C)nc3sccn23)c(-c2cccc(Cl)c2)s1. The van der Waals surface area contributed by atoms with E-state index in [2.05, 4.69) is 15.3 Å². The Bertz CT molecular complexity index is 1340. The molecule has 1 fully saturated rings. The zero-order valence-corrected chi connectivity index (χ0v) is 19.9. The average Bonchev–Trinajstić information content (AvgIpc) is 3.41. The lowest BCUT2D eigenvalue weighted by Gasteiger charge is -2.40. The van der Waals surface area contributed by atoms with Crippen LogP contribution >= 0.6 is 34.3 Å². The van der Waals surface area contributed by atoms with E-state index < -0.39 is 0 Å². The molecule has 1 saturated heterocycles. The van der Waals surface area contributed by atoms with Crippen molar-refractivity contribution in [3.63, 3.8) is 0 Å². The highest BCUT2D eigenvalue weighted by Crippen LogP contribution is 2.34. The van der Waals surface area contributed by atoms with Gasteiger partial charge in [0.15, 0.2) is 4.96 Å². The molecule has 4 aromatic rings. The summed E-state index contributed by atoms with van der Waals surface area (Å²) in [6.45, 7) is 4.75. The van der Waals surface area contributed by atoms with Gasteiger partial charge in [-0.05, 0) is 38.0 Å². The number of thiazole rings is 2. The molecular weight excluding hydrogens is 466 g/mol. The molecular formula is C22H20ClN5O2S2. The Morgan fingerprint density at radius 2 is 2.12 bits per heavy atom. The normalized spacial score (nSPS) is 15.7. The first-order valence-corrected chi connectivity index (χ1v) is 12.2. The second kappa shape index (κ2) is 8.31. The maximum atomic E-state index is 13.3. The van der Waals surface area contributed by atoms with Crippen LogP contribution in [0.5, 0.6) is 0 Å². The molecule has 1 aliphatic rings. The van der Waals surface area contributed by atoms with Crippen molar-refractivity contribution in [1.29, 1.82) is 0 Å². The minimum Gasteiger partial charge on any atom is -0.349 e. The molecule has 4 heterocycles. The fourth-order valence-electron chi connectivity index (χ4n) is 3.92. The first-order chi connectivity index (χ1) is 15.4. The minimum absolute atomic E-state index is 0.0631. The zero-order chi connectivity index (χ0) is 22.4. The highest BCUT2D eigenvalue weighted by Gasteiger charge is 2.35. The van der Waals surface area contributed by atoms with Gasteiger partial charge in [0.1, 0.15) is 11.4 Å². The zero-order valence-electron chi connectivity index (χ0n) is 17.5. The number of amides is 2. The van der Waals surface area contributed by atoms with E-state index in [4.69, 9.17) is 11.6 Å². The molecule has 164 valence electrons. The number of nitrogens with zero attached hydrogens (tertiary/aromatic N) is 4. The van der Waals surface area contributed by atoms with E-state index in [1.54, 1.807) is 15.4 Å². The monoisotopic (exact) mass is 485 g/mol. The highest BCUT2D eigenvalue weighted by atomic mass is 35.5. The van der Waals surface area contributed by atoms with E-state index in [1.807, 2.05) is 43.6 Å². The summed E-state index contributed by atoms with van der Waals surface area (Å²) in [5, 5.41) is 6.32. The Labute approximate surface area is 197 Å². The molecule has 10 heteroatoms. The molecule has 1 aromatic carbocycles. The molecule has 3 aromatic heterocycles. The summed E-state index contributed by atoms with van der Waals surface area (Å²) in [6.07, 6.45) is 2.68. The average molecular weight is 486 g/mol. The topological polar surface area (TPSA) is 79.6 Å². The van der Waals surface area contributed by atoms with Crippen LogP contribution in [0.4, 0.5) is 0 Å². The van der Waals surface area contributed by atoms with Crippen LogP contribution in [0.1, 0.15) is 38.1 Å². The third-order valence-electron chi connectivity index (χ3n) is 5.58. The van der Waals surface area contributed by atoms with Crippen LogP contribution in [0, 0.1) is 13.8 Å². The lowest BCUT2D eigenvalue weighted by Crippen LogP contribution is -2.56. The second-order valence-electron chi connectivity index (χ2n) is 7.67. The van der Waals surface area contributed by atoms with E-state index in [1.165, 1.54) is 22.7 Å². The number of hydrogen-bond donors (Lipinski definition) is 1. The summed E-state index contributed by atoms with van der Waals surface area (Å²) in [4.78, 5) is 38.5. The van der Waals surface area contributed by atoms with Crippen molar-refractivity contribution < 1.29 is 9.59 Å². The highest BCUT2D eigenvalue weighted by molar-refractivity contribution is 7.15. The molecule has 7 nitrogen and oxygen atoms in total. The van der Waals surface area contributed by atoms with Crippen LogP contribution in [-0.4, -0.2) is 50.2 Å². The number of nitrogens with one attached hydrogen (secondary N) is 1. The smallest absolute Gasteiger partial charge is 0.274 e. The van der Waals surface area contributed by atoms with Gasteiger partial charge in [-0.15, -0.1) is 22.7 Å². The lowest BCUT2D eigenvalue weighted by molar-refractivity contribution is 0.0451. The predicted octanol–water partition coefficient (Wildman–Crippen LogP) is 4.43. The van der Waals surface area contributed by atoms with Crippen molar-refractivity contribution in [2.45, 2.75) is 26.3 Å². The third-order valence-corrected chi connectivity index (χ3v) is 7.59. The van der Waals surface area contributed by atoms with Gasteiger partial charge < -0.3 is 10.2 Å². The fraction of sp³-hybridized carbons (Fsp3) is 0.273. The van der Waals surface area contributed by atoms with Crippen LogP contribution in [-0.2, 0) is 0 Å². The maximum Gasteiger partial charge on any atom is 0.274 e. The first-order valence-electron chi connectivity index (χ1n) is 10.2. The van der Waals surface area contributed by atoms with Crippen molar-refractivity contribution in [2.24, 2.45) is 0 Å². The van der Waals surface area contributed by atoms with Crippen LogP contribution in [0.3, 0.4) is 0 Å². The van der Waals surface area contributed by atoms with Crippen molar-refractivity contribution in [2.75, 3.05) is 13.1 Å². The molecule has 32 heavy (non-hydrogen) atoms. The Hall–Kier alpha value is -2.75. The van der Waals surface area contributed by atoms with Crippen molar-refractivity contribution in [3.05, 3.63) is 63.0 Å². The molecule has 1 aliphatic heterocycles. The third kappa shape index (κ3) is 3.70. The van der Waals surface area contributed by atoms with Gasteiger partial charge in [-0.2, -0.15) is 0 Å². The predicted molar refractivity (Wildman–Crippen MR) is 127 cm³/mol. The number of carbonyl (C=O) groups is 2. The summed E-state index contributed by atoms with van der Waals surface area (Å²) in [5.74, 6) is -0.299. The summed E-state index contributed by atoms with van der Waals surface area (Å²) >= 11 is 9.12. The molecule has 0 radical (unpaired) electrons. The number of halogens is 1. The van der Waals surface area contributed by atoms with Crippen molar-refractivity contribution in [1.82, 2.24) is 24.6 Å².